The number of aliphatic hydroxyl groups is 1. The minimum Gasteiger partial charge on any atom is -0.488 e. The molecule has 2 aliphatic rings. The Bertz CT molecular complexity index is 667. The number of rotatable bonds is 2. The number of aliphatic hydroxyl groups excluding tert-OH is 1. The summed E-state index contributed by atoms with van der Waals surface area (Å²) in [5, 5.41) is 14.8. The molecular formula is C16H22Cl2N2O2S. The van der Waals surface area contributed by atoms with Gasteiger partial charge in [-0.1, -0.05) is 0 Å². The number of thiazole rings is 1. The summed E-state index contributed by atoms with van der Waals surface area (Å²) in [6.07, 6.45) is 1.33. The maximum Gasteiger partial charge on any atom is 0.125 e. The number of fused-ring (bicyclic) bond motifs is 2. The Hall–Kier alpha value is -0.590. The molecule has 1 aliphatic carbocycles. The molecule has 4 rings (SSSR count). The molecule has 2 aromatic rings. The highest BCUT2D eigenvalue weighted by Gasteiger charge is 2.39. The molecule has 23 heavy (non-hydrogen) atoms. The maximum absolute atomic E-state index is 10.3. The zero-order valence-electron chi connectivity index (χ0n) is 12.9. The molecule has 128 valence electrons. The van der Waals surface area contributed by atoms with E-state index in [2.05, 4.69) is 16.4 Å². The molecule has 0 radical (unpaired) electrons. The van der Waals surface area contributed by atoms with Crippen molar-refractivity contribution < 1.29 is 9.84 Å². The van der Waals surface area contributed by atoms with Crippen LogP contribution in [0.4, 0.5) is 0 Å². The molecule has 7 heteroatoms. The topological polar surface area (TPSA) is 54.4 Å². The highest BCUT2D eigenvalue weighted by Crippen LogP contribution is 2.35. The van der Waals surface area contributed by atoms with Crippen LogP contribution in [0.5, 0.6) is 5.75 Å². The van der Waals surface area contributed by atoms with Crippen molar-refractivity contribution in [1.29, 1.82) is 0 Å². The van der Waals surface area contributed by atoms with Gasteiger partial charge in [0, 0.05) is 6.07 Å². The van der Waals surface area contributed by atoms with Gasteiger partial charge in [0.2, 0.25) is 0 Å². The Morgan fingerprint density at radius 2 is 1.96 bits per heavy atom. The van der Waals surface area contributed by atoms with Gasteiger partial charge in [0.05, 0.1) is 21.3 Å². The number of benzene rings is 1. The van der Waals surface area contributed by atoms with E-state index in [0.29, 0.717) is 11.8 Å². The summed E-state index contributed by atoms with van der Waals surface area (Å²) in [4.78, 5) is 4.51. The lowest BCUT2D eigenvalue weighted by Crippen LogP contribution is -2.42. The van der Waals surface area contributed by atoms with E-state index < -0.39 is 0 Å². The second-order valence-corrected chi connectivity index (χ2v) is 7.47. The summed E-state index contributed by atoms with van der Waals surface area (Å²) < 4.78 is 7.26. The third kappa shape index (κ3) is 3.74. The fourth-order valence-corrected chi connectivity index (χ4v) is 4.46. The molecule has 1 saturated carbocycles. The number of ether oxygens (including phenoxy) is 1. The standard InChI is InChI=1S/C16H20N2O2S.2ClH/c1-9-18-13-6-12(2-3-16(13)21-9)20-15-5-11-8-17-7-10(11)4-14(15)19;;/h2-3,6,10-11,14-15,17,19H,4-5,7-8H2,1H3;2*1H/t10-,11+,14+,15+;;/m0../s1. The van der Waals surface area contributed by atoms with Crippen molar-refractivity contribution in [2.24, 2.45) is 11.8 Å². The lowest BCUT2D eigenvalue weighted by Gasteiger charge is -2.35. The molecule has 0 amide bonds. The Morgan fingerprint density at radius 3 is 2.74 bits per heavy atom. The monoisotopic (exact) mass is 376 g/mol. The Kier molecular flexibility index (Phi) is 6.14. The van der Waals surface area contributed by atoms with Crippen molar-refractivity contribution in [3.05, 3.63) is 23.2 Å². The predicted molar refractivity (Wildman–Crippen MR) is 98.4 cm³/mol. The van der Waals surface area contributed by atoms with E-state index in [-0.39, 0.29) is 37.0 Å². The Labute approximate surface area is 152 Å². The van der Waals surface area contributed by atoms with Crippen molar-refractivity contribution in [1.82, 2.24) is 10.3 Å². The van der Waals surface area contributed by atoms with E-state index in [0.717, 1.165) is 42.2 Å². The molecule has 1 aromatic heterocycles. The molecule has 0 spiro atoms. The smallest absolute Gasteiger partial charge is 0.125 e. The van der Waals surface area contributed by atoms with Crippen LogP contribution in [-0.4, -0.2) is 35.4 Å². The highest BCUT2D eigenvalue weighted by atomic mass is 35.5. The Morgan fingerprint density at radius 1 is 1.22 bits per heavy atom. The molecule has 1 saturated heterocycles. The molecule has 4 atom stereocenters. The van der Waals surface area contributed by atoms with Crippen LogP contribution in [0.25, 0.3) is 10.2 Å². The van der Waals surface area contributed by atoms with E-state index in [1.807, 2.05) is 19.1 Å². The minimum atomic E-state index is -0.362. The third-order valence-corrected chi connectivity index (χ3v) is 5.69. The maximum atomic E-state index is 10.3. The van der Waals surface area contributed by atoms with Gasteiger partial charge in [0.25, 0.3) is 0 Å². The van der Waals surface area contributed by atoms with Crippen molar-refractivity contribution in [3.63, 3.8) is 0 Å². The predicted octanol–water partition coefficient (Wildman–Crippen LogP) is 3.19. The third-order valence-electron chi connectivity index (χ3n) is 4.74. The molecule has 4 nitrogen and oxygen atoms in total. The molecular weight excluding hydrogens is 355 g/mol. The van der Waals surface area contributed by atoms with Crippen LogP contribution in [0.1, 0.15) is 17.8 Å². The SMILES string of the molecule is Cc1nc2cc(O[C@@H]3C[C@@H]4CNC[C@@H]4C[C@H]3O)ccc2s1.Cl.Cl. The van der Waals surface area contributed by atoms with Gasteiger partial charge in [-0.15, -0.1) is 36.2 Å². The second kappa shape index (κ2) is 7.53. The summed E-state index contributed by atoms with van der Waals surface area (Å²) in [7, 11) is 0. The lowest BCUT2D eigenvalue weighted by atomic mass is 9.78. The number of nitrogens with one attached hydrogen (secondary N) is 1. The van der Waals surface area contributed by atoms with Crippen LogP contribution in [0, 0.1) is 18.8 Å². The van der Waals surface area contributed by atoms with Crippen molar-refractivity contribution >= 4 is 46.4 Å². The number of nitrogens with zero attached hydrogens (tertiary/aromatic N) is 1. The van der Waals surface area contributed by atoms with Gasteiger partial charge in [0.1, 0.15) is 11.9 Å². The fourth-order valence-electron chi connectivity index (χ4n) is 3.65. The summed E-state index contributed by atoms with van der Waals surface area (Å²) >= 11 is 1.70. The molecule has 0 unspecified atom stereocenters. The van der Waals surface area contributed by atoms with Crippen LogP contribution in [0.3, 0.4) is 0 Å². The second-order valence-electron chi connectivity index (χ2n) is 6.24. The molecule has 1 aromatic carbocycles. The zero-order valence-corrected chi connectivity index (χ0v) is 15.3. The molecule has 2 heterocycles. The average molecular weight is 377 g/mol. The molecule has 2 fully saturated rings. The summed E-state index contributed by atoms with van der Waals surface area (Å²) in [5.74, 6) is 2.08. The molecule has 2 N–H and O–H groups in total. The number of halogens is 2. The van der Waals surface area contributed by atoms with Gasteiger partial charge in [0.15, 0.2) is 0 Å². The summed E-state index contributed by atoms with van der Waals surface area (Å²) in [5.41, 5.74) is 0.987. The van der Waals surface area contributed by atoms with Gasteiger partial charge in [-0.05, 0) is 56.8 Å². The number of aryl methyl sites for hydroxylation is 1. The van der Waals surface area contributed by atoms with Crippen molar-refractivity contribution in [2.75, 3.05) is 13.1 Å². The summed E-state index contributed by atoms with van der Waals surface area (Å²) in [6, 6.07) is 6.04. The van der Waals surface area contributed by atoms with Gasteiger partial charge in [-0.3, -0.25) is 0 Å². The van der Waals surface area contributed by atoms with Crippen LogP contribution in [-0.2, 0) is 0 Å². The lowest BCUT2D eigenvalue weighted by molar-refractivity contribution is -0.0230. The largest absolute Gasteiger partial charge is 0.488 e. The first-order chi connectivity index (χ1) is 10.2. The number of hydrogen-bond donors (Lipinski definition) is 2. The van der Waals surface area contributed by atoms with Gasteiger partial charge in [-0.2, -0.15) is 0 Å². The van der Waals surface area contributed by atoms with Crippen LogP contribution >= 0.6 is 36.2 Å². The van der Waals surface area contributed by atoms with Gasteiger partial charge in [-0.25, -0.2) is 4.98 Å². The first-order valence-electron chi connectivity index (χ1n) is 7.61. The first-order valence-corrected chi connectivity index (χ1v) is 8.43. The molecule has 1 aliphatic heterocycles. The van der Waals surface area contributed by atoms with Crippen molar-refractivity contribution in [2.45, 2.75) is 32.0 Å². The Balaban J connectivity index is 0.000000960. The van der Waals surface area contributed by atoms with E-state index >= 15 is 0 Å². The number of hydrogen-bond acceptors (Lipinski definition) is 5. The normalized spacial score (nSPS) is 29.5. The minimum absolute atomic E-state index is 0. The van der Waals surface area contributed by atoms with Crippen molar-refractivity contribution in [3.8, 4) is 5.75 Å². The van der Waals surface area contributed by atoms with E-state index in [4.69, 9.17) is 4.74 Å². The summed E-state index contributed by atoms with van der Waals surface area (Å²) in [6.45, 7) is 4.11. The van der Waals surface area contributed by atoms with E-state index in [1.165, 1.54) is 4.70 Å². The quantitative estimate of drug-likeness (QED) is 0.844. The molecule has 0 bridgehead atoms. The highest BCUT2D eigenvalue weighted by molar-refractivity contribution is 7.18. The van der Waals surface area contributed by atoms with E-state index in [1.54, 1.807) is 11.3 Å². The van der Waals surface area contributed by atoms with Gasteiger partial charge < -0.3 is 15.2 Å². The zero-order chi connectivity index (χ0) is 14.4. The van der Waals surface area contributed by atoms with Crippen LogP contribution < -0.4 is 10.1 Å². The van der Waals surface area contributed by atoms with Gasteiger partial charge >= 0.3 is 0 Å². The first kappa shape index (κ1) is 18.7. The fraction of sp³-hybridized carbons (Fsp3) is 0.562. The average Bonchev–Trinajstić information content (AvgIpc) is 3.03. The van der Waals surface area contributed by atoms with E-state index in [9.17, 15) is 5.11 Å². The number of aromatic nitrogens is 1. The van der Waals surface area contributed by atoms with Crippen LogP contribution in [0.15, 0.2) is 18.2 Å². The van der Waals surface area contributed by atoms with Crippen LogP contribution in [0.2, 0.25) is 0 Å².